The van der Waals surface area contributed by atoms with Crippen LogP contribution in [0.1, 0.15) is 34.1 Å². The number of nitrogens with two attached hydrogens (primary N) is 1. The maximum absolute atomic E-state index is 12.3. The molecule has 0 fully saturated rings. The predicted molar refractivity (Wildman–Crippen MR) is 65.3 cm³/mol. The summed E-state index contributed by atoms with van der Waals surface area (Å²) in [6.07, 6.45) is 0.527. The second kappa shape index (κ2) is 8.09. The van der Waals surface area contributed by atoms with E-state index in [0.717, 1.165) is 0 Å². The zero-order chi connectivity index (χ0) is 12.7. The van der Waals surface area contributed by atoms with E-state index in [4.69, 9.17) is 10.6 Å². The SMILES string of the molecule is COOC(CCN)[P+](=O)N(C(C)C)C(C)C. The van der Waals surface area contributed by atoms with Crippen molar-refractivity contribution in [3.8, 4) is 0 Å². The lowest BCUT2D eigenvalue weighted by molar-refractivity contribution is -0.285. The van der Waals surface area contributed by atoms with Gasteiger partial charge < -0.3 is 5.73 Å². The van der Waals surface area contributed by atoms with Gasteiger partial charge in [-0.3, -0.25) is 0 Å². The summed E-state index contributed by atoms with van der Waals surface area (Å²) in [4.78, 5) is 9.64. The van der Waals surface area contributed by atoms with Crippen LogP contribution in [-0.2, 0) is 14.3 Å². The van der Waals surface area contributed by atoms with Crippen molar-refractivity contribution < 1.29 is 14.3 Å². The Morgan fingerprint density at radius 2 is 1.75 bits per heavy atom. The molecule has 0 aromatic carbocycles. The molecule has 0 rings (SSSR count). The third-order valence-electron chi connectivity index (χ3n) is 2.15. The molecule has 0 heterocycles. The average Bonchev–Trinajstić information content (AvgIpc) is 2.16. The molecule has 0 aromatic rings. The first-order chi connectivity index (χ1) is 7.45. The van der Waals surface area contributed by atoms with Crippen LogP contribution in [0.4, 0.5) is 0 Å². The van der Waals surface area contributed by atoms with Crippen LogP contribution < -0.4 is 5.73 Å². The van der Waals surface area contributed by atoms with Crippen molar-refractivity contribution in [2.75, 3.05) is 13.7 Å². The maximum atomic E-state index is 12.3. The van der Waals surface area contributed by atoms with Crippen LogP contribution in [-0.4, -0.2) is 36.3 Å². The summed E-state index contributed by atoms with van der Waals surface area (Å²) in [6.45, 7) is 8.48. The summed E-state index contributed by atoms with van der Waals surface area (Å²) >= 11 is 0. The maximum Gasteiger partial charge on any atom is 0.469 e. The lowest BCUT2D eigenvalue weighted by Crippen LogP contribution is -2.34. The molecular formula is C10H24N2O3P+. The zero-order valence-corrected chi connectivity index (χ0v) is 11.7. The number of rotatable bonds is 8. The van der Waals surface area contributed by atoms with Gasteiger partial charge in [0.25, 0.3) is 0 Å². The van der Waals surface area contributed by atoms with Crippen LogP contribution in [0.15, 0.2) is 0 Å². The first kappa shape index (κ1) is 15.9. The Bertz CT molecular complexity index is 198. The van der Waals surface area contributed by atoms with Crippen LogP contribution in [0.3, 0.4) is 0 Å². The highest BCUT2D eigenvalue weighted by molar-refractivity contribution is 7.42. The molecule has 0 saturated heterocycles. The van der Waals surface area contributed by atoms with Gasteiger partial charge in [-0.15, -0.1) is 0 Å². The summed E-state index contributed by atoms with van der Waals surface area (Å²) in [6, 6.07) is 0.397. The van der Waals surface area contributed by atoms with E-state index in [1.165, 1.54) is 7.11 Å². The van der Waals surface area contributed by atoms with E-state index >= 15 is 0 Å². The smallest absolute Gasteiger partial charge is 0.330 e. The van der Waals surface area contributed by atoms with Gasteiger partial charge in [-0.05, 0) is 38.8 Å². The van der Waals surface area contributed by atoms with Gasteiger partial charge in [0.05, 0.1) is 7.11 Å². The molecule has 16 heavy (non-hydrogen) atoms. The van der Waals surface area contributed by atoms with Crippen LogP contribution in [0, 0.1) is 0 Å². The van der Waals surface area contributed by atoms with E-state index in [2.05, 4.69) is 4.89 Å². The highest BCUT2D eigenvalue weighted by Gasteiger charge is 2.42. The molecule has 0 aliphatic carbocycles. The van der Waals surface area contributed by atoms with Crippen molar-refractivity contribution in [2.45, 2.75) is 52.0 Å². The van der Waals surface area contributed by atoms with Gasteiger partial charge in [0.2, 0.25) is 0 Å². The second-order valence-corrected chi connectivity index (χ2v) is 5.81. The first-order valence-corrected chi connectivity index (χ1v) is 6.88. The Labute approximate surface area is 99.0 Å². The van der Waals surface area contributed by atoms with Crippen molar-refractivity contribution in [3.63, 3.8) is 0 Å². The van der Waals surface area contributed by atoms with Crippen molar-refractivity contribution in [1.29, 1.82) is 0 Å². The molecule has 2 atom stereocenters. The van der Waals surface area contributed by atoms with Gasteiger partial charge in [0.15, 0.2) is 0 Å². The molecule has 6 heteroatoms. The Hall–Kier alpha value is -0.0600. The molecule has 96 valence electrons. The van der Waals surface area contributed by atoms with Gasteiger partial charge >= 0.3 is 13.8 Å². The van der Waals surface area contributed by atoms with Gasteiger partial charge in [0, 0.05) is 18.5 Å². The summed E-state index contributed by atoms with van der Waals surface area (Å²) in [7, 11) is -0.224. The summed E-state index contributed by atoms with van der Waals surface area (Å²) in [5.74, 6) is -0.463. The molecule has 0 bridgehead atoms. The number of nitrogens with zero attached hydrogens (tertiary/aromatic N) is 1. The molecule has 0 spiro atoms. The van der Waals surface area contributed by atoms with Crippen LogP contribution >= 0.6 is 7.95 Å². The highest BCUT2D eigenvalue weighted by Crippen LogP contribution is 2.39. The fraction of sp³-hybridized carbons (Fsp3) is 1.00. The van der Waals surface area contributed by atoms with Crippen LogP contribution in [0.5, 0.6) is 0 Å². The van der Waals surface area contributed by atoms with E-state index in [0.29, 0.717) is 13.0 Å². The van der Waals surface area contributed by atoms with E-state index in [-0.39, 0.29) is 12.1 Å². The molecule has 0 aliphatic heterocycles. The largest absolute Gasteiger partial charge is 0.469 e. The fourth-order valence-electron chi connectivity index (χ4n) is 1.65. The number of hydrogen-bond donors (Lipinski definition) is 1. The zero-order valence-electron chi connectivity index (χ0n) is 10.8. The fourth-order valence-corrected chi connectivity index (χ4v) is 3.39. The third kappa shape index (κ3) is 4.85. The molecule has 5 nitrogen and oxygen atoms in total. The van der Waals surface area contributed by atoms with E-state index in [9.17, 15) is 4.57 Å². The van der Waals surface area contributed by atoms with Crippen molar-refractivity contribution >= 4 is 7.95 Å². The van der Waals surface area contributed by atoms with Crippen molar-refractivity contribution in [3.05, 3.63) is 0 Å². The van der Waals surface area contributed by atoms with E-state index < -0.39 is 13.8 Å². The monoisotopic (exact) mass is 251 g/mol. The minimum atomic E-state index is -1.64. The summed E-state index contributed by atoms with van der Waals surface area (Å²) in [5, 5.41) is 0. The lowest BCUT2D eigenvalue weighted by Gasteiger charge is -2.21. The normalized spacial score (nSPS) is 14.9. The third-order valence-corrected chi connectivity index (χ3v) is 4.37. The predicted octanol–water partition coefficient (Wildman–Crippen LogP) is 2.10. The van der Waals surface area contributed by atoms with Gasteiger partial charge in [0.1, 0.15) is 0 Å². The number of hydrogen-bond acceptors (Lipinski definition) is 4. The Morgan fingerprint density at radius 3 is 2.06 bits per heavy atom. The minimum Gasteiger partial charge on any atom is -0.330 e. The van der Waals surface area contributed by atoms with E-state index in [1.54, 1.807) is 0 Å². The molecule has 2 N–H and O–H groups in total. The highest BCUT2D eigenvalue weighted by atomic mass is 31.1. The van der Waals surface area contributed by atoms with Gasteiger partial charge in [-0.25, -0.2) is 4.89 Å². The molecular weight excluding hydrogens is 227 g/mol. The Balaban J connectivity index is 4.66. The molecule has 0 amide bonds. The molecule has 2 unspecified atom stereocenters. The standard InChI is InChI=1S/C10H24N2O3P/c1-8(2)12(9(3)4)16(13)10(6-7-11)15-14-5/h8-10H,6-7,11H2,1-5H3/q+1. The molecule has 0 saturated carbocycles. The Morgan fingerprint density at radius 1 is 1.25 bits per heavy atom. The van der Waals surface area contributed by atoms with Gasteiger partial charge in [-0.2, -0.15) is 4.89 Å². The quantitative estimate of drug-likeness (QED) is 0.406. The van der Waals surface area contributed by atoms with Crippen molar-refractivity contribution in [1.82, 2.24) is 4.67 Å². The minimum absolute atomic E-state index is 0.198. The van der Waals surface area contributed by atoms with Gasteiger partial charge in [-0.1, -0.05) is 4.67 Å². The average molecular weight is 251 g/mol. The summed E-state index contributed by atoms with van der Waals surface area (Å²) < 4.78 is 14.2. The van der Waals surface area contributed by atoms with E-state index in [1.807, 2.05) is 32.4 Å². The Kier molecular flexibility index (Phi) is 8.06. The topological polar surface area (TPSA) is 64.8 Å². The van der Waals surface area contributed by atoms with Crippen molar-refractivity contribution in [2.24, 2.45) is 5.73 Å². The second-order valence-electron chi connectivity index (χ2n) is 4.16. The molecule has 0 aromatic heterocycles. The first-order valence-electron chi connectivity index (χ1n) is 5.59. The lowest BCUT2D eigenvalue weighted by atomic mass is 10.3. The van der Waals surface area contributed by atoms with Crippen LogP contribution in [0.25, 0.3) is 0 Å². The molecule has 0 radical (unpaired) electrons. The van der Waals surface area contributed by atoms with Crippen LogP contribution in [0.2, 0.25) is 0 Å². The summed E-state index contributed by atoms with van der Waals surface area (Å²) in [5.41, 5.74) is 5.47. The molecule has 0 aliphatic rings.